The highest BCUT2D eigenvalue weighted by Crippen LogP contribution is 2.23. The van der Waals surface area contributed by atoms with E-state index in [1.807, 2.05) is 6.07 Å². The normalized spacial score (nSPS) is 16.5. The second kappa shape index (κ2) is 11.6. The monoisotopic (exact) mass is 411 g/mol. The van der Waals surface area contributed by atoms with Crippen molar-refractivity contribution in [2.75, 3.05) is 26.9 Å². The van der Waals surface area contributed by atoms with Gasteiger partial charge >= 0.3 is 0 Å². The predicted octanol–water partition coefficient (Wildman–Crippen LogP) is 3.56. The summed E-state index contributed by atoms with van der Waals surface area (Å²) in [7, 11) is 1.71. The molecule has 2 aromatic rings. The number of hydrogen-bond acceptors (Lipinski definition) is 4. The number of guanidine groups is 1. The lowest BCUT2D eigenvalue weighted by molar-refractivity contribution is 0.140. The van der Waals surface area contributed by atoms with Crippen molar-refractivity contribution in [3.8, 4) is 5.75 Å². The van der Waals surface area contributed by atoms with Crippen LogP contribution >= 0.6 is 0 Å². The van der Waals surface area contributed by atoms with Gasteiger partial charge in [-0.3, -0.25) is 0 Å². The minimum atomic E-state index is 0.131. The topological polar surface area (TPSA) is 64.1 Å². The Morgan fingerprint density at radius 2 is 2.03 bits per heavy atom. The van der Waals surface area contributed by atoms with Gasteiger partial charge in [-0.05, 0) is 36.6 Å². The lowest BCUT2D eigenvalue weighted by atomic mass is 10.1. The summed E-state index contributed by atoms with van der Waals surface area (Å²) in [6.07, 6.45) is 1.07. The van der Waals surface area contributed by atoms with Crippen LogP contribution in [0.4, 0.5) is 0 Å². The van der Waals surface area contributed by atoms with Crippen LogP contribution in [0.5, 0.6) is 5.75 Å². The Balaban J connectivity index is 1.65. The molecule has 1 heterocycles. The maximum Gasteiger partial charge on any atom is 0.191 e. The van der Waals surface area contributed by atoms with E-state index < -0.39 is 0 Å². The fraction of sp³-hybridized carbons (Fsp3) is 0.458. The van der Waals surface area contributed by atoms with Gasteiger partial charge in [0.25, 0.3) is 0 Å². The Labute approximate surface area is 179 Å². The van der Waals surface area contributed by atoms with Gasteiger partial charge in [-0.1, -0.05) is 36.4 Å². The number of methoxy groups -OCH3 is 1. The lowest BCUT2D eigenvalue weighted by Crippen LogP contribution is -2.37. The van der Waals surface area contributed by atoms with Gasteiger partial charge < -0.3 is 24.8 Å². The second-order valence-corrected chi connectivity index (χ2v) is 7.52. The maximum absolute atomic E-state index is 6.21. The van der Waals surface area contributed by atoms with Crippen LogP contribution in [-0.2, 0) is 29.2 Å². The SMILES string of the molecule is CCNC(=NCc1cccc(COC)c1)NCc1ccc(C)cc1OC1CCOC1. The molecule has 3 rings (SSSR count). The highest BCUT2D eigenvalue weighted by Gasteiger charge is 2.18. The van der Waals surface area contributed by atoms with Crippen molar-refractivity contribution < 1.29 is 14.2 Å². The first-order chi connectivity index (χ1) is 14.7. The molecule has 0 radical (unpaired) electrons. The van der Waals surface area contributed by atoms with E-state index >= 15 is 0 Å². The zero-order valence-electron chi connectivity index (χ0n) is 18.2. The summed E-state index contributed by atoms with van der Waals surface area (Å²) >= 11 is 0. The van der Waals surface area contributed by atoms with Crippen molar-refractivity contribution in [3.05, 3.63) is 64.7 Å². The van der Waals surface area contributed by atoms with Gasteiger partial charge in [-0.25, -0.2) is 4.99 Å². The molecule has 0 aromatic heterocycles. The quantitative estimate of drug-likeness (QED) is 0.488. The second-order valence-electron chi connectivity index (χ2n) is 7.52. The lowest BCUT2D eigenvalue weighted by Gasteiger charge is -2.18. The predicted molar refractivity (Wildman–Crippen MR) is 120 cm³/mol. The van der Waals surface area contributed by atoms with Crippen molar-refractivity contribution in [1.82, 2.24) is 10.6 Å². The third-order valence-electron chi connectivity index (χ3n) is 4.92. The van der Waals surface area contributed by atoms with E-state index in [2.05, 4.69) is 60.9 Å². The van der Waals surface area contributed by atoms with Crippen LogP contribution in [0.1, 0.15) is 35.6 Å². The zero-order valence-corrected chi connectivity index (χ0v) is 18.2. The van der Waals surface area contributed by atoms with Crippen molar-refractivity contribution >= 4 is 5.96 Å². The number of rotatable bonds is 9. The summed E-state index contributed by atoms with van der Waals surface area (Å²) < 4.78 is 16.9. The Morgan fingerprint density at radius 1 is 1.17 bits per heavy atom. The third kappa shape index (κ3) is 6.75. The summed E-state index contributed by atoms with van der Waals surface area (Å²) in [5.41, 5.74) is 4.60. The third-order valence-corrected chi connectivity index (χ3v) is 4.92. The van der Waals surface area contributed by atoms with E-state index in [1.54, 1.807) is 7.11 Å². The van der Waals surface area contributed by atoms with Gasteiger partial charge in [0.05, 0.1) is 26.4 Å². The molecule has 6 heteroatoms. The van der Waals surface area contributed by atoms with E-state index in [9.17, 15) is 0 Å². The number of nitrogens with one attached hydrogen (secondary N) is 2. The Morgan fingerprint density at radius 3 is 2.80 bits per heavy atom. The van der Waals surface area contributed by atoms with Crippen molar-refractivity contribution in [3.63, 3.8) is 0 Å². The van der Waals surface area contributed by atoms with Gasteiger partial charge in [0, 0.05) is 32.2 Å². The number of aryl methyl sites for hydroxylation is 1. The zero-order chi connectivity index (χ0) is 21.2. The summed E-state index contributed by atoms with van der Waals surface area (Å²) in [5, 5.41) is 6.75. The van der Waals surface area contributed by atoms with Crippen LogP contribution in [0.3, 0.4) is 0 Å². The number of aliphatic imine (C=N–C) groups is 1. The molecule has 162 valence electrons. The van der Waals surface area contributed by atoms with Crippen molar-refractivity contribution in [1.29, 1.82) is 0 Å². The van der Waals surface area contributed by atoms with Crippen LogP contribution in [0.15, 0.2) is 47.5 Å². The largest absolute Gasteiger partial charge is 0.488 e. The number of benzene rings is 2. The highest BCUT2D eigenvalue weighted by atomic mass is 16.5. The molecule has 0 spiro atoms. The molecule has 1 unspecified atom stereocenters. The average Bonchev–Trinajstić information content (AvgIpc) is 3.25. The number of ether oxygens (including phenoxy) is 3. The standard InChI is InChI=1S/C24H33N3O3/c1-4-25-24(26-14-19-6-5-7-20(13-19)16-28-3)27-15-21-9-8-18(2)12-23(21)30-22-10-11-29-17-22/h5-9,12-13,22H,4,10-11,14-17H2,1-3H3,(H2,25,26,27). The first kappa shape index (κ1) is 22.1. The van der Waals surface area contributed by atoms with Gasteiger partial charge in [0.15, 0.2) is 5.96 Å². The first-order valence-electron chi connectivity index (χ1n) is 10.6. The van der Waals surface area contributed by atoms with Gasteiger partial charge in [0.2, 0.25) is 0 Å². The van der Waals surface area contributed by atoms with E-state index in [0.717, 1.165) is 48.0 Å². The fourth-order valence-corrected chi connectivity index (χ4v) is 3.38. The van der Waals surface area contributed by atoms with E-state index in [4.69, 9.17) is 19.2 Å². The molecule has 1 fully saturated rings. The maximum atomic E-state index is 6.21. The molecule has 2 N–H and O–H groups in total. The van der Waals surface area contributed by atoms with Crippen LogP contribution in [0.25, 0.3) is 0 Å². The van der Waals surface area contributed by atoms with Gasteiger partial charge in [-0.2, -0.15) is 0 Å². The Kier molecular flexibility index (Phi) is 8.53. The molecule has 0 amide bonds. The first-order valence-corrected chi connectivity index (χ1v) is 10.6. The summed E-state index contributed by atoms with van der Waals surface area (Å²) in [6.45, 7) is 8.22. The summed E-state index contributed by atoms with van der Waals surface area (Å²) in [5.74, 6) is 1.70. The van der Waals surface area contributed by atoms with Crippen LogP contribution in [0.2, 0.25) is 0 Å². The smallest absolute Gasteiger partial charge is 0.191 e. The molecular formula is C24H33N3O3. The number of nitrogens with zero attached hydrogens (tertiary/aromatic N) is 1. The molecule has 1 aliphatic rings. The summed E-state index contributed by atoms with van der Waals surface area (Å²) in [4.78, 5) is 4.74. The van der Waals surface area contributed by atoms with Crippen molar-refractivity contribution in [2.24, 2.45) is 4.99 Å². The van der Waals surface area contributed by atoms with E-state index in [1.165, 1.54) is 5.56 Å². The van der Waals surface area contributed by atoms with E-state index in [0.29, 0.717) is 26.3 Å². The number of hydrogen-bond donors (Lipinski definition) is 2. The molecule has 0 aliphatic carbocycles. The molecule has 30 heavy (non-hydrogen) atoms. The van der Waals surface area contributed by atoms with Crippen LogP contribution < -0.4 is 15.4 Å². The molecule has 0 bridgehead atoms. The average molecular weight is 412 g/mol. The minimum Gasteiger partial charge on any atom is -0.488 e. The molecule has 0 saturated carbocycles. The molecular weight excluding hydrogens is 378 g/mol. The minimum absolute atomic E-state index is 0.131. The molecule has 2 aromatic carbocycles. The molecule has 1 saturated heterocycles. The summed E-state index contributed by atoms with van der Waals surface area (Å²) in [6, 6.07) is 14.6. The highest BCUT2D eigenvalue weighted by molar-refractivity contribution is 5.79. The van der Waals surface area contributed by atoms with Gasteiger partial charge in [-0.15, -0.1) is 0 Å². The van der Waals surface area contributed by atoms with Crippen molar-refractivity contribution in [2.45, 2.75) is 46.1 Å². The van der Waals surface area contributed by atoms with E-state index in [-0.39, 0.29) is 6.10 Å². The molecule has 6 nitrogen and oxygen atoms in total. The Hall–Kier alpha value is -2.57. The van der Waals surface area contributed by atoms with Crippen LogP contribution in [-0.4, -0.2) is 38.9 Å². The fourth-order valence-electron chi connectivity index (χ4n) is 3.38. The molecule has 1 atom stereocenters. The Bertz CT molecular complexity index is 832. The van der Waals surface area contributed by atoms with Crippen LogP contribution in [0, 0.1) is 6.92 Å². The molecule has 1 aliphatic heterocycles. The van der Waals surface area contributed by atoms with Gasteiger partial charge in [0.1, 0.15) is 11.9 Å².